The van der Waals surface area contributed by atoms with Gasteiger partial charge in [0.25, 0.3) is 0 Å². The van der Waals surface area contributed by atoms with Crippen LogP contribution in [0.3, 0.4) is 0 Å². The van der Waals surface area contributed by atoms with Gasteiger partial charge in [-0.2, -0.15) is 0 Å². The fourth-order valence-electron chi connectivity index (χ4n) is 3.49. The number of hydrogen-bond donors (Lipinski definition) is 1. The number of esters is 1. The van der Waals surface area contributed by atoms with Crippen molar-refractivity contribution < 1.29 is 9.53 Å². The fourth-order valence-corrected chi connectivity index (χ4v) is 3.49. The van der Waals surface area contributed by atoms with Crippen molar-refractivity contribution in [1.29, 1.82) is 0 Å². The molecule has 5 heteroatoms. The van der Waals surface area contributed by atoms with Crippen molar-refractivity contribution in [3.05, 3.63) is 0 Å². The number of carbonyl (C=O) groups excluding carboxylic acids is 1. The second kappa shape index (κ2) is 7.54. The molecule has 1 saturated heterocycles. The Morgan fingerprint density at radius 1 is 1.17 bits per heavy atom. The molecule has 2 fully saturated rings. The van der Waals surface area contributed by atoms with Gasteiger partial charge in [0.2, 0.25) is 0 Å². The van der Waals surface area contributed by atoms with Crippen LogP contribution in [0.4, 0.5) is 0 Å². The minimum absolute atomic E-state index is 0.0249. The van der Waals surface area contributed by atoms with Gasteiger partial charge < -0.3 is 15.4 Å². The first-order valence-electron chi connectivity index (χ1n) is 9.05. The predicted molar refractivity (Wildman–Crippen MR) is 93.2 cm³/mol. The Kier molecular flexibility index (Phi) is 5.93. The van der Waals surface area contributed by atoms with Gasteiger partial charge in [0.05, 0.1) is 12.0 Å². The van der Waals surface area contributed by atoms with Crippen LogP contribution >= 0.6 is 0 Å². The van der Waals surface area contributed by atoms with Crippen LogP contribution in [0.5, 0.6) is 0 Å². The van der Waals surface area contributed by atoms with Gasteiger partial charge >= 0.3 is 5.97 Å². The number of hydrogen-bond acceptors (Lipinski definition) is 3. The summed E-state index contributed by atoms with van der Waals surface area (Å²) in [5, 5.41) is 0. The summed E-state index contributed by atoms with van der Waals surface area (Å²) in [5.74, 6) is 1.35. The minimum atomic E-state index is -0.401. The van der Waals surface area contributed by atoms with Gasteiger partial charge in [-0.25, -0.2) is 4.99 Å². The molecule has 1 heterocycles. The number of guanidine groups is 1. The molecule has 132 valence electrons. The Bertz CT molecular complexity index is 434. The van der Waals surface area contributed by atoms with Crippen molar-refractivity contribution in [3.8, 4) is 0 Å². The lowest BCUT2D eigenvalue weighted by Crippen LogP contribution is -2.44. The lowest BCUT2D eigenvalue weighted by atomic mass is 9.86. The van der Waals surface area contributed by atoms with Gasteiger partial charge in [0.15, 0.2) is 5.96 Å². The SMILES string of the molecule is CC1CCCN(C(N)=NC2CCC(C(=O)OC(C)(C)C)CC2)C1. The second-order valence-electron chi connectivity index (χ2n) is 8.22. The minimum Gasteiger partial charge on any atom is -0.460 e. The summed E-state index contributed by atoms with van der Waals surface area (Å²) in [4.78, 5) is 19.1. The molecule has 0 bridgehead atoms. The quantitative estimate of drug-likeness (QED) is 0.482. The van der Waals surface area contributed by atoms with Crippen LogP contribution < -0.4 is 5.73 Å². The zero-order valence-electron chi connectivity index (χ0n) is 15.2. The smallest absolute Gasteiger partial charge is 0.309 e. The molecule has 0 amide bonds. The van der Waals surface area contributed by atoms with Gasteiger partial charge in [-0.1, -0.05) is 6.92 Å². The Labute approximate surface area is 140 Å². The number of nitrogens with two attached hydrogens (primary N) is 1. The Hall–Kier alpha value is -1.26. The molecule has 0 aromatic carbocycles. The monoisotopic (exact) mass is 323 g/mol. The predicted octanol–water partition coefficient (Wildman–Crippen LogP) is 2.93. The fraction of sp³-hybridized carbons (Fsp3) is 0.889. The largest absolute Gasteiger partial charge is 0.460 e. The van der Waals surface area contributed by atoms with Gasteiger partial charge in [-0.15, -0.1) is 0 Å². The number of ether oxygens (including phenoxy) is 1. The Morgan fingerprint density at radius 3 is 2.39 bits per heavy atom. The molecule has 1 aliphatic heterocycles. The molecule has 2 aliphatic rings. The third-order valence-electron chi connectivity index (χ3n) is 4.73. The van der Waals surface area contributed by atoms with Crippen LogP contribution in [0.25, 0.3) is 0 Å². The summed E-state index contributed by atoms with van der Waals surface area (Å²) < 4.78 is 5.49. The van der Waals surface area contributed by atoms with E-state index in [1.54, 1.807) is 0 Å². The van der Waals surface area contributed by atoms with Gasteiger partial charge in [0.1, 0.15) is 5.60 Å². The number of piperidine rings is 1. The van der Waals surface area contributed by atoms with Crippen LogP contribution in [0.15, 0.2) is 4.99 Å². The van der Waals surface area contributed by atoms with Crippen LogP contribution in [-0.2, 0) is 9.53 Å². The average molecular weight is 323 g/mol. The standard InChI is InChI=1S/C18H33N3O2/c1-13-6-5-11-21(12-13)17(19)20-15-9-7-14(8-10-15)16(22)23-18(2,3)4/h13-15H,5-12H2,1-4H3,(H2,19,20). The number of aliphatic imine (C=N–C) groups is 1. The van der Waals surface area contributed by atoms with E-state index in [0.717, 1.165) is 38.8 Å². The topological polar surface area (TPSA) is 67.9 Å². The summed E-state index contributed by atoms with van der Waals surface area (Å²) >= 11 is 0. The maximum atomic E-state index is 12.1. The number of nitrogens with zero attached hydrogens (tertiary/aromatic N) is 2. The van der Waals surface area contributed by atoms with Crippen molar-refractivity contribution in [2.45, 2.75) is 77.9 Å². The maximum Gasteiger partial charge on any atom is 0.309 e. The number of carbonyl (C=O) groups is 1. The molecule has 1 aliphatic carbocycles. The van der Waals surface area contributed by atoms with E-state index in [9.17, 15) is 4.79 Å². The molecule has 5 nitrogen and oxygen atoms in total. The van der Waals surface area contributed by atoms with E-state index in [4.69, 9.17) is 15.5 Å². The first-order chi connectivity index (χ1) is 10.7. The first-order valence-corrected chi connectivity index (χ1v) is 9.05. The lowest BCUT2D eigenvalue weighted by molar-refractivity contribution is -0.161. The third kappa shape index (κ3) is 5.70. The van der Waals surface area contributed by atoms with E-state index >= 15 is 0 Å². The van der Waals surface area contributed by atoms with E-state index < -0.39 is 5.60 Å². The van der Waals surface area contributed by atoms with Crippen LogP contribution in [-0.4, -0.2) is 41.6 Å². The Balaban J connectivity index is 1.82. The highest BCUT2D eigenvalue weighted by Crippen LogP contribution is 2.29. The molecule has 0 aromatic heterocycles. The molecule has 23 heavy (non-hydrogen) atoms. The van der Waals surface area contributed by atoms with E-state index in [1.165, 1.54) is 12.8 Å². The zero-order chi connectivity index (χ0) is 17.0. The summed E-state index contributed by atoms with van der Waals surface area (Å²) in [6.45, 7) is 10.1. The molecular formula is C18H33N3O2. The van der Waals surface area contributed by atoms with E-state index in [1.807, 2.05) is 20.8 Å². The molecule has 0 radical (unpaired) electrons. The van der Waals surface area contributed by atoms with E-state index in [0.29, 0.717) is 11.9 Å². The second-order valence-corrected chi connectivity index (χ2v) is 8.22. The summed E-state index contributed by atoms with van der Waals surface area (Å²) in [5.41, 5.74) is 5.80. The molecule has 0 aromatic rings. The summed E-state index contributed by atoms with van der Waals surface area (Å²) in [7, 11) is 0. The van der Waals surface area contributed by atoms with Crippen LogP contribution in [0, 0.1) is 11.8 Å². The van der Waals surface area contributed by atoms with Gasteiger partial charge in [0, 0.05) is 13.1 Å². The van der Waals surface area contributed by atoms with Crippen molar-refractivity contribution in [3.63, 3.8) is 0 Å². The molecule has 2 rings (SSSR count). The average Bonchev–Trinajstić information content (AvgIpc) is 2.46. The lowest BCUT2D eigenvalue weighted by Gasteiger charge is -2.33. The molecule has 2 N–H and O–H groups in total. The molecule has 1 unspecified atom stereocenters. The molecular weight excluding hydrogens is 290 g/mol. The Morgan fingerprint density at radius 2 is 1.83 bits per heavy atom. The summed E-state index contributed by atoms with van der Waals surface area (Å²) in [6.07, 6.45) is 6.04. The molecule has 0 spiro atoms. The molecule has 1 atom stereocenters. The van der Waals surface area contributed by atoms with Crippen molar-refractivity contribution in [2.75, 3.05) is 13.1 Å². The molecule has 1 saturated carbocycles. The van der Waals surface area contributed by atoms with E-state index in [-0.39, 0.29) is 17.9 Å². The highest BCUT2D eigenvalue weighted by Gasteiger charge is 2.30. The van der Waals surface area contributed by atoms with Crippen molar-refractivity contribution in [1.82, 2.24) is 4.90 Å². The zero-order valence-corrected chi connectivity index (χ0v) is 15.2. The highest BCUT2D eigenvalue weighted by atomic mass is 16.6. The van der Waals surface area contributed by atoms with Crippen molar-refractivity contribution >= 4 is 11.9 Å². The van der Waals surface area contributed by atoms with Crippen LogP contribution in [0.2, 0.25) is 0 Å². The third-order valence-corrected chi connectivity index (χ3v) is 4.73. The van der Waals surface area contributed by atoms with E-state index in [2.05, 4.69) is 11.8 Å². The van der Waals surface area contributed by atoms with Crippen LogP contribution in [0.1, 0.15) is 66.2 Å². The summed E-state index contributed by atoms with van der Waals surface area (Å²) in [6, 6.07) is 0.255. The first kappa shape index (κ1) is 18.1. The number of likely N-dealkylation sites (tertiary alicyclic amines) is 1. The maximum absolute atomic E-state index is 12.1. The van der Waals surface area contributed by atoms with Gasteiger partial charge in [-0.05, 0) is 65.2 Å². The van der Waals surface area contributed by atoms with Gasteiger partial charge in [-0.3, -0.25) is 4.79 Å². The van der Waals surface area contributed by atoms with Crippen molar-refractivity contribution in [2.24, 2.45) is 22.6 Å². The normalized spacial score (nSPS) is 30.2. The number of rotatable bonds is 2. The highest BCUT2D eigenvalue weighted by molar-refractivity contribution is 5.78.